The lowest BCUT2D eigenvalue weighted by Crippen LogP contribution is -2.44. The van der Waals surface area contributed by atoms with Crippen LogP contribution in [0.25, 0.3) is 0 Å². The van der Waals surface area contributed by atoms with E-state index in [9.17, 15) is 0 Å². The molecule has 1 nitrogen and oxygen atoms in total. The van der Waals surface area contributed by atoms with E-state index in [1.807, 2.05) is 0 Å². The van der Waals surface area contributed by atoms with Gasteiger partial charge in [-0.05, 0) is 70.2 Å². The second-order valence-electron chi connectivity index (χ2n) is 12.5. The average molecular weight is 615 g/mol. The summed E-state index contributed by atoms with van der Waals surface area (Å²) in [6.07, 6.45) is 6.86. The summed E-state index contributed by atoms with van der Waals surface area (Å²) in [5.41, 5.74) is 7.36. The van der Waals surface area contributed by atoms with Gasteiger partial charge in [-0.1, -0.05) is 197 Å². The highest BCUT2D eigenvalue weighted by molar-refractivity contribution is 5.53. The van der Waals surface area contributed by atoms with Crippen LogP contribution in [0.2, 0.25) is 0 Å². The third-order valence-electron chi connectivity index (χ3n) is 9.39. The summed E-state index contributed by atoms with van der Waals surface area (Å²) in [5.74, 6) is 0. The van der Waals surface area contributed by atoms with E-state index >= 15 is 0 Å². The molecule has 0 fully saturated rings. The molecule has 0 aliphatic heterocycles. The van der Waals surface area contributed by atoms with Crippen LogP contribution in [0.3, 0.4) is 0 Å². The van der Waals surface area contributed by atoms with Gasteiger partial charge in [-0.3, -0.25) is 0 Å². The maximum Gasteiger partial charge on any atom is 0.145 e. The van der Waals surface area contributed by atoms with Gasteiger partial charge in [0.05, 0.1) is 0 Å². The van der Waals surface area contributed by atoms with E-state index < -0.39 is 11.2 Å². The van der Waals surface area contributed by atoms with Gasteiger partial charge >= 0.3 is 0 Å². The Balaban J connectivity index is 1.68. The SMILES string of the molecule is CCCCc1ccc(C(OC(c2ccccc2)(c2ccccc2)c2ccc(CCCC)cc2)(c2ccccc2)c2ccccc2)cc1. The first-order chi connectivity index (χ1) is 23.2. The van der Waals surface area contributed by atoms with Gasteiger partial charge in [-0.15, -0.1) is 0 Å². The predicted molar refractivity (Wildman–Crippen MR) is 197 cm³/mol. The number of benzene rings is 6. The fraction of sp³-hybridized carbons (Fsp3) is 0.217. The van der Waals surface area contributed by atoms with Crippen LogP contribution in [-0.2, 0) is 28.8 Å². The molecule has 0 N–H and O–H groups in total. The first kappa shape index (κ1) is 32.2. The van der Waals surface area contributed by atoms with Crippen LogP contribution in [0, 0.1) is 0 Å². The molecule has 0 saturated carbocycles. The molecule has 47 heavy (non-hydrogen) atoms. The highest BCUT2D eigenvalue weighted by Crippen LogP contribution is 2.51. The molecule has 6 aromatic carbocycles. The van der Waals surface area contributed by atoms with Gasteiger partial charge in [-0.25, -0.2) is 0 Å². The Morgan fingerprint density at radius 2 is 0.596 bits per heavy atom. The van der Waals surface area contributed by atoms with E-state index in [1.165, 1.54) is 36.8 Å². The summed E-state index contributed by atoms with van der Waals surface area (Å²) in [7, 11) is 0. The minimum Gasteiger partial charge on any atom is -0.340 e. The second-order valence-corrected chi connectivity index (χ2v) is 12.5. The van der Waals surface area contributed by atoms with Crippen molar-refractivity contribution in [2.75, 3.05) is 0 Å². The molecule has 6 aromatic rings. The molecule has 0 heterocycles. The monoisotopic (exact) mass is 614 g/mol. The van der Waals surface area contributed by atoms with Gasteiger partial charge < -0.3 is 4.74 Å². The molecule has 0 amide bonds. The first-order valence-corrected chi connectivity index (χ1v) is 17.3. The zero-order chi connectivity index (χ0) is 32.4. The summed E-state index contributed by atoms with van der Waals surface area (Å²) in [5, 5.41) is 0. The van der Waals surface area contributed by atoms with Gasteiger partial charge in [0, 0.05) is 0 Å². The molecule has 0 aliphatic rings. The minimum atomic E-state index is -0.946. The van der Waals surface area contributed by atoms with Crippen molar-refractivity contribution >= 4 is 0 Å². The van der Waals surface area contributed by atoms with Gasteiger partial charge in [0.2, 0.25) is 0 Å². The molecule has 0 radical (unpaired) electrons. The third-order valence-corrected chi connectivity index (χ3v) is 9.39. The summed E-state index contributed by atoms with van der Waals surface area (Å²) < 4.78 is 8.18. The van der Waals surface area contributed by atoms with Crippen molar-refractivity contribution in [2.24, 2.45) is 0 Å². The van der Waals surface area contributed by atoms with E-state index in [0.29, 0.717) is 0 Å². The van der Waals surface area contributed by atoms with Crippen molar-refractivity contribution in [1.82, 2.24) is 0 Å². The van der Waals surface area contributed by atoms with Gasteiger partial charge in [0.15, 0.2) is 0 Å². The summed E-state index contributed by atoms with van der Waals surface area (Å²) in [6, 6.07) is 61.4. The zero-order valence-corrected chi connectivity index (χ0v) is 27.8. The Bertz CT molecular complexity index is 1560. The molecule has 0 aromatic heterocycles. The van der Waals surface area contributed by atoms with Crippen molar-refractivity contribution in [3.63, 3.8) is 0 Å². The van der Waals surface area contributed by atoms with Crippen molar-refractivity contribution in [3.05, 3.63) is 214 Å². The van der Waals surface area contributed by atoms with Crippen LogP contribution < -0.4 is 0 Å². The minimum absolute atomic E-state index is 0.946. The van der Waals surface area contributed by atoms with E-state index in [-0.39, 0.29) is 0 Å². The molecule has 0 bridgehead atoms. The van der Waals surface area contributed by atoms with E-state index in [2.05, 4.69) is 184 Å². The number of ether oxygens (including phenoxy) is 1. The van der Waals surface area contributed by atoms with Gasteiger partial charge in [0.1, 0.15) is 11.2 Å². The number of rotatable bonds is 14. The van der Waals surface area contributed by atoms with Crippen LogP contribution in [-0.4, -0.2) is 0 Å². The van der Waals surface area contributed by atoms with Crippen LogP contribution in [0.5, 0.6) is 0 Å². The van der Waals surface area contributed by atoms with E-state index in [1.54, 1.807) is 0 Å². The quantitative estimate of drug-likeness (QED) is 0.111. The molecule has 0 unspecified atom stereocenters. The van der Waals surface area contributed by atoms with Crippen LogP contribution in [0.15, 0.2) is 170 Å². The van der Waals surface area contributed by atoms with Crippen LogP contribution in [0.4, 0.5) is 0 Å². The molecule has 1 heteroatoms. The summed E-state index contributed by atoms with van der Waals surface area (Å²) in [4.78, 5) is 0. The maximum atomic E-state index is 8.18. The standard InChI is InChI=1S/C46H46O/c1-3-5-19-37-29-33-43(34-30-37)45(39-21-11-7-12-22-39,40-23-13-8-14-24-40)47-46(41-25-15-9-16-26-41,42-27-17-10-18-28-42)44-35-31-38(32-36-44)20-6-4-2/h7-18,21-36H,3-6,19-20H2,1-2H3. The topological polar surface area (TPSA) is 9.23 Å². The lowest BCUT2D eigenvalue weighted by molar-refractivity contribution is -0.0810. The van der Waals surface area contributed by atoms with Crippen molar-refractivity contribution in [3.8, 4) is 0 Å². The Labute approximate surface area is 281 Å². The Morgan fingerprint density at radius 1 is 0.340 bits per heavy atom. The second kappa shape index (κ2) is 15.2. The summed E-state index contributed by atoms with van der Waals surface area (Å²) in [6.45, 7) is 4.50. The largest absolute Gasteiger partial charge is 0.340 e. The number of aryl methyl sites for hydroxylation is 2. The molecular weight excluding hydrogens is 569 g/mol. The molecule has 0 spiro atoms. The molecular formula is C46H46O. The highest BCUT2D eigenvalue weighted by atomic mass is 16.5. The average Bonchev–Trinajstić information content (AvgIpc) is 3.16. The third kappa shape index (κ3) is 6.73. The number of unbranched alkanes of at least 4 members (excludes halogenated alkanes) is 2. The maximum absolute atomic E-state index is 8.18. The Kier molecular flexibility index (Phi) is 10.5. The first-order valence-electron chi connectivity index (χ1n) is 17.3. The molecule has 0 aliphatic carbocycles. The molecule has 6 rings (SSSR count). The number of hydrogen-bond donors (Lipinski definition) is 0. The fourth-order valence-electron chi connectivity index (χ4n) is 6.85. The molecule has 236 valence electrons. The van der Waals surface area contributed by atoms with E-state index in [0.717, 1.165) is 46.2 Å². The Morgan fingerprint density at radius 3 is 0.851 bits per heavy atom. The smallest absolute Gasteiger partial charge is 0.145 e. The fourth-order valence-corrected chi connectivity index (χ4v) is 6.85. The van der Waals surface area contributed by atoms with Crippen molar-refractivity contribution < 1.29 is 4.74 Å². The molecule has 0 saturated heterocycles. The van der Waals surface area contributed by atoms with Crippen molar-refractivity contribution in [2.45, 2.75) is 63.6 Å². The zero-order valence-electron chi connectivity index (χ0n) is 27.8. The molecule has 0 atom stereocenters. The number of hydrogen-bond acceptors (Lipinski definition) is 1. The predicted octanol–water partition coefficient (Wildman–Crippen LogP) is 11.7. The van der Waals surface area contributed by atoms with Crippen LogP contribution in [0.1, 0.15) is 84.0 Å². The highest BCUT2D eigenvalue weighted by Gasteiger charge is 2.48. The van der Waals surface area contributed by atoms with Crippen LogP contribution >= 0.6 is 0 Å². The Hall–Kier alpha value is -4.72. The van der Waals surface area contributed by atoms with E-state index in [4.69, 9.17) is 4.74 Å². The van der Waals surface area contributed by atoms with Gasteiger partial charge in [0.25, 0.3) is 0 Å². The lowest BCUT2D eigenvalue weighted by Gasteiger charge is -2.46. The normalized spacial score (nSPS) is 11.8. The van der Waals surface area contributed by atoms with Gasteiger partial charge in [-0.2, -0.15) is 0 Å². The van der Waals surface area contributed by atoms with Crippen molar-refractivity contribution in [1.29, 1.82) is 0 Å². The lowest BCUT2D eigenvalue weighted by atomic mass is 9.75. The summed E-state index contributed by atoms with van der Waals surface area (Å²) >= 11 is 0.